The highest BCUT2D eigenvalue weighted by molar-refractivity contribution is 6.05. The molecule has 1 unspecified atom stereocenters. The molecular weight excluding hydrogens is 232 g/mol. The molecule has 96 valence electrons. The highest BCUT2D eigenvalue weighted by atomic mass is 16.4. The molecule has 0 aliphatic carbocycles. The Bertz CT molecular complexity index is 525. The predicted molar refractivity (Wildman–Crippen MR) is 69.0 cm³/mol. The summed E-state index contributed by atoms with van der Waals surface area (Å²) in [4.78, 5) is 24.5. The second-order valence-electron chi connectivity index (χ2n) is 4.62. The Labute approximate surface area is 105 Å². The summed E-state index contributed by atoms with van der Waals surface area (Å²) in [6.45, 7) is 3.92. The van der Waals surface area contributed by atoms with Crippen molar-refractivity contribution in [2.75, 3.05) is 17.3 Å². The topological polar surface area (TPSA) is 69.6 Å². The number of carbonyl (C=O) groups excluding carboxylic acids is 1. The Hall–Kier alpha value is -2.04. The van der Waals surface area contributed by atoms with E-state index in [-0.39, 0.29) is 12.3 Å². The number of aryl methyl sites for hydroxylation is 1. The first-order valence-electron chi connectivity index (χ1n) is 5.77. The molecule has 0 bridgehead atoms. The Morgan fingerprint density at radius 1 is 1.44 bits per heavy atom. The van der Waals surface area contributed by atoms with Gasteiger partial charge in [-0.05, 0) is 31.0 Å². The van der Waals surface area contributed by atoms with E-state index >= 15 is 0 Å². The second kappa shape index (κ2) is 4.33. The number of carboxylic acid groups (broad SMARTS) is 1. The van der Waals surface area contributed by atoms with Gasteiger partial charge in [0.05, 0.1) is 17.8 Å². The Morgan fingerprint density at radius 2 is 2.11 bits per heavy atom. The van der Waals surface area contributed by atoms with E-state index in [2.05, 4.69) is 5.32 Å². The van der Waals surface area contributed by atoms with Crippen molar-refractivity contribution < 1.29 is 14.7 Å². The summed E-state index contributed by atoms with van der Waals surface area (Å²) in [7, 11) is 1.75. The summed E-state index contributed by atoms with van der Waals surface area (Å²) in [5.41, 5.74) is 3.76. The standard InChI is InChI=1S/C13H16N2O3/c1-7-4-5-9-12(8(7)2)14-13(18)10(15(9)3)6-11(16)17/h4-5,10H,6H2,1-3H3,(H,14,18)(H,16,17). The van der Waals surface area contributed by atoms with Crippen LogP contribution >= 0.6 is 0 Å². The van der Waals surface area contributed by atoms with Crippen LogP contribution in [0.25, 0.3) is 0 Å². The monoisotopic (exact) mass is 248 g/mol. The fourth-order valence-corrected chi connectivity index (χ4v) is 2.20. The molecule has 2 N–H and O–H groups in total. The van der Waals surface area contributed by atoms with Gasteiger partial charge in [-0.25, -0.2) is 0 Å². The molecule has 18 heavy (non-hydrogen) atoms. The molecule has 0 fully saturated rings. The zero-order valence-electron chi connectivity index (χ0n) is 10.7. The van der Waals surface area contributed by atoms with Gasteiger partial charge in [0, 0.05) is 7.05 Å². The average molecular weight is 248 g/mol. The number of rotatable bonds is 2. The maximum Gasteiger partial charge on any atom is 0.305 e. The molecule has 1 amide bonds. The summed E-state index contributed by atoms with van der Waals surface area (Å²) in [6, 6.07) is 3.23. The van der Waals surface area contributed by atoms with E-state index in [0.717, 1.165) is 22.5 Å². The second-order valence-corrected chi connectivity index (χ2v) is 4.62. The number of anilines is 2. The Morgan fingerprint density at radius 3 is 2.72 bits per heavy atom. The number of amides is 1. The van der Waals surface area contributed by atoms with Crippen LogP contribution in [0.5, 0.6) is 0 Å². The molecule has 1 aromatic rings. The lowest BCUT2D eigenvalue weighted by Gasteiger charge is -2.35. The van der Waals surface area contributed by atoms with E-state index in [0.29, 0.717) is 0 Å². The Kier molecular flexibility index (Phi) is 2.98. The quantitative estimate of drug-likeness (QED) is 0.832. The number of nitrogens with one attached hydrogen (secondary N) is 1. The van der Waals surface area contributed by atoms with Gasteiger partial charge in [-0.2, -0.15) is 0 Å². The van der Waals surface area contributed by atoms with Gasteiger partial charge in [0.25, 0.3) is 0 Å². The number of carbonyl (C=O) groups is 2. The van der Waals surface area contributed by atoms with Gasteiger partial charge in [0.1, 0.15) is 6.04 Å². The van der Waals surface area contributed by atoms with E-state index in [4.69, 9.17) is 5.11 Å². The van der Waals surface area contributed by atoms with Crippen LogP contribution in [0.3, 0.4) is 0 Å². The van der Waals surface area contributed by atoms with Gasteiger partial charge in [0.2, 0.25) is 5.91 Å². The molecule has 0 spiro atoms. The smallest absolute Gasteiger partial charge is 0.305 e. The maximum absolute atomic E-state index is 12.0. The molecule has 0 saturated heterocycles. The summed E-state index contributed by atoms with van der Waals surface area (Å²) >= 11 is 0. The first-order valence-corrected chi connectivity index (χ1v) is 5.77. The SMILES string of the molecule is Cc1ccc2c(c1C)NC(=O)C(CC(=O)O)N2C. The first kappa shape index (κ1) is 12.4. The third-order valence-electron chi connectivity index (χ3n) is 3.48. The number of hydrogen-bond acceptors (Lipinski definition) is 3. The molecule has 0 aromatic heterocycles. The maximum atomic E-state index is 12.0. The van der Waals surface area contributed by atoms with Crippen molar-refractivity contribution in [3.63, 3.8) is 0 Å². The number of benzene rings is 1. The number of carboxylic acids is 1. The van der Waals surface area contributed by atoms with E-state index in [1.165, 1.54) is 0 Å². The lowest BCUT2D eigenvalue weighted by Crippen LogP contribution is -2.47. The molecule has 1 atom stereocenters. The van der Waals surface area contributed by atoms with E-state index in [1.54, 1.807) is 11.9 Å². The van der Waals surface area contributed by atoms with Crippen molar-refractivity contribution in [2.24, 2.45) is 0 Å². The number of likely N-dealkylation sites (N-methyl/N-ethyl adjacent to an activating group) is 1. The van der Waals surface area contributed by atoms with Crippen LogP contribution < -0.4 is 10.2 Å². The van der Waals surface area contributed by atoms with Crippen LogP contribution in [0.1, 0.15) is 17.5 Å². The fraction of sp³-hybridized carbons (Fsp3) is 0.385. The first-order chi connectivity index (χ1) is 8.41. The van der Waals surface area contributed by atoms with Gasteiger partial charge in [-0.15, -0.1) is 0 Å². The third-order valence-corrected chi connectivity index (χ3v) is 3.48. The largest absolute Gasteiger partial charge is 0.481 e. The van der Waals surface area contributed by atoms with Crippen LogP contribution in [0, 0.1) is 13.8 Å². The van der Waals surface area contributed by atoms with E-state index in [1.807, 2.05) is 26.0 Å². The van der Waals surface area contributed by atoms with Crippen molar-refractivity contribution in [1.29, 1.82) is 0 Å². The van der Waals surface area contributed by atoms with Crippen molar-refractivity contribution >= 4 is 23.3 Å². The number of fused-ring (bicyclic) bond motifs is 1. The van der Waals surface area contributed by atoms with Gasteiger partial charge < -0.3 is 15.3 Å². The van der Waals surface area contributed by atoms with Crippen molar-refractivity contribution in [2.45, 2.75) is 26.3 Å². The van der Waals surface area contributed by atoms with Crippen LogP contribution in [0.15, 0.2) is 12.1 Å². The molecule has 1 aromatic carbocycles. The summed E-state index contributed by atoms with van der Waals surface area (Å²) in [5, 5.41) is 11.7. The summed E-state index contributed by atoms with van der Waals surface area (Å²) in [5.74, 6) is -1.24. The molecule has 1 aliphatic heterocycles. The highest BCUT2D eigenvalue weighted by Crippen LogP contribution is 2.35. The molecular formula is C13H16N2O3. The van der Waals surface area contributed by atoms with E-state index < -0.39 is 12.0 Å². The minimum absolute atomic E-state index is 0.200. The third kappa shape index (κ3) is 1.92. The average Bonchev–Trinajstić information content (AvgIpc) is 2.29. The number of nitrogens with zero attached hydrogens (tertiary/aromatic N) is 1. The zero-order valence-corrected chi connectivity index (χ0v) is 10.7. The normalized spacial score (nSPS) is 18.3. The van der Waals surface area contributed by atoms with Crippen LogP contribution in [0.4, 0.5) is 11.4 Å². The molecule has 2 rings (SSSR count). The molecule has 0 radical (unpaired) electrons. The highest BCUT2D eigenvalue weighted by Gasteiger charge is 2.33. The van der Waals surface area contributed by atoms with Gasteiger partial charge >= 0.3 is 5.97 Å². The van der Waals surface area contributed by atoms with Crippen LogP contribution in [-0.4, -0.2) is 30.1 Å². The molecule has 0 saturated carbocycles. The van der Waals surface area contributed by atoms with Crippen LogP contribution in [0.2, 0.25) is 0 Å². The lowest BCUT2D eigenvalue weighted by molar-refractivity contribution is -0.138. The van der Waals surface area contributed by atoms with Crippen molar-refractivity contribution in [3.8, 4) is 0 Å². The Balaban J connectivity index is 2.44. The van der Waals surface area contributed by atoms with Crippen molar-refractivity contribution in [3.05, 3.63) is 23.3 Å². The predicted octanol–water partition coefficient (Wildman–Crippen LogP) is 1.54. The summed E-state index contributed by atoms with van der Waals surface area (Å²) < 4.78 is 0. The van der Waals surface area contributed by atoms with E-state index in [9.17, 15) is 9.59 Å². The molecule has 1 heterocycles. The van der Waals surface area contributed by atoms with Gasteiger partial charge in [-0.1, -0.05) is 6.07 Å². The van der Waals surface area contributed by atoms with Crippen molar-refractivity contribution in [1.82, 2.24) is 0 Å². The summed E-state index contributed by atoms with van der Waals surface area (Å²) in [6.07, 6.45) is -0.200. The minimum atomic E-state index is -0.978. The molecule has 1 aliphatic rings. The number of aliphatic carboxylic acids is 1. The zero-order chi connectivity index (χ0) is 13.4. The van der Waals surface area contributed by atoms with Crippen LogP contribution in [-0.2, 0) is 9.59 Å². The van der Waals surface area contributed by atoms with Gasteiger partial charge in [0.15, 0.2) is 0 Å². The van der Waals surface area contributed by atoms with Gasteiger partial charge in [-0.3, -0.25) is 9.59 Å². The lowest BCUT2D eigenvalue weighted by atomic mass is 10.0. The molecule has 5 nitrogen and oxygen atoms in total. The number of hydrogen-bond donors (Lipinski definition) is 2. The fourth-order valence-electron chi connectivity index (χ4n) is 2.20. The minimum Gasteiger partial charge on any atom is -0.481 e. The molecule has 5 heteroatoms.